The van der Waals surface area contributed by atoms with Crippen molar-refractivity contribution < 1.29 is 9.53 Å². The van der Waals surface area contributed by atoms with Crippen LogP contribution in [0.25, 0.3) is 0 Å². The van der Waals surface area contributed by atoms with Gasteiger partial charge in [-0.05, 0) is 37.8 Å². The van der Waals surface area contributed by atoms with E-state index in [2.05, 4.69) is 0 Å². The molecule has 1 amide bonds. The number of nitrogens with zero attached hydrogens (tertiary/aromatic N) is 1. The third-order valence-corrected chi connectivity index (χ3v) is 4.25. The van der Waals surface area contributed by atoms with Crippen LogP contribution in [0.15, 0.2) is 18.2 Å². The number of ether oxygens (including phenoxy) is 1. The second-order valence-electron chi connectivity index (χ2n) is 5.96. The Hall–Kier alpha value is -1.55. The van der Waals surface area contributed by atoms with Crippen molar-refractivity contribution in [2.75, 3.05) is 25.5 Å². The first-order valence-electron chi connectivity index (χ1n) is 7.40. The van der Waals surface area contributed by atoms with E-state index in [0.29, 0.717) is 23.2 Å². The second kappa shape index (κ2) is 5.44. The molecule has 1 aromatic rings. The molecule has 1 aliphatic heterocycles. The Labute approximate surface area is 119 Å². The number of amides is 1. The highest BCUT2D eigenvalue weighted by atomic mass is 16.5. The maximum Gasteiger partial charge on any atom is 0.256 e. The Morgan fingerprint density at radius 3 is 2.80 bits per heavy atom. The molecule has 4 heteroatoms. The van der Waals surface area contributed by atoms with Gasteiger partial charge in [-0.3, -0.25) is 4.79 Å². The SMILES string of the molecule is Cc1cccc(N)c1C(=O)N(CC1CCOC1)C1CC1. The molecular weight excluding hydrogens is 252 g/mol. The zero-order valence-corrected chi connectivity index (χ0v) is 12.0. The summed E-state index contributed by atoms with van der Waals surface area (Å²) in [5.74, 6) is 0.569. The molecule has 1 heterocycles. The molecule has 1 aliphatic carbocycles. The molecule has 0 aromatic heterocycles. The van der Waals surface area contributed by atoms with Crippen LogP contribution < -0.4 is 5.73 Å². The summed E-state index contributed by atoms with van der Waals surface area (Å²) in [6.07, 6.45) is 3.29. The average Bonchev–Trinajstić information content (AvgIpc) is 3.12. The molecule has 108 valence electrons. The number of nitrogen functional groups attached to an aromatic ring is 1. The fourth-order valence-electron chi connectivity index (χ4n) is 2.92. The minimum atomic E-state index is 0.0926. The summed E-state index contributed by atoms with van der Waals surface area (Å²) >= 11 is 0. The fourth-order valence-corrected chi connectivity index (χ4v) is 2.92. The highest BCUT2D eigenvalue weighted by Gasteiger charge is 2.36. The van der Waals surface area contributed by atoms with Gasteiger partial charge in [-0.15, -0.1) is 0 Å². The monoisotopic (exact) mass is 274 g/mol. The smallest absolute Gasteiger partial charge is 0.256 e. The predicted octanol–water partition coefficient (Wildman–Crippen LogP) is 2.22. The molecule has 1 unspecified atom stereocenters. The van der Waals surface area contributed by atoms with Crippen LogP contribution in [0.5, 0.6) is 0 Å². The first kappa shape index (κ1) is 13.4. The number of hydrogen-bond acceptors (Lipinski definition) is 3. The Balaban J connectivity index is 1.81. The molecule has 0 spiro atoms. The molecule has 0 bridgehead atoms. The van der Waals surface area contributed by atoms with Gasteiger partial charge in [0, 0.05) is 30.8 Å². The summed E-state index contributed by atoms with van der Waals surface area (Å²) in [5, 5.41) is 0. The van der Waals surface area contributed by atoms with Gasteiger partial charge < -0.3 is 15.4 Å². The zero-order chi connectivity index (χ0) is 14.1. The molecule has 1 aromatic carbocycles. The summed E-state index contributed by atoms with van der Waals surface area (Å²) in [5.41, 5.74) is 8.24. The molecule has 3 rings (SSSR count). The normalized spacial score (nSPS) is 21.9. The van der Waals surface area contributed by atoms with Crippen LogP contribution in [-0.2, 0) is 4.74 Å². The summed E-state index contributed by atoms with van der Waals surface area (Å²) < 4.78 is 5.43. The van der Waals surface area contributed by atoms with Gasteiger partial charge in [0.1, 0.15) is 0 Å². The van der Waals surface area contributed by atoms with E-state index in [1.807, 2.05) is 30.0 Å². The van der Waals surface area contributed by atoms with E-state index in [-0.39, 0.29) is 5.91 Å². The van der Waals surface area contributed by atoms with Crippen LogP contribution in [0.3, 0.4) is 0 Å². The lowest BCUT2D eigenvalue weighted by molar-refractivity contribution is 0.0706. The van der Waals surface area contributed by atoms with Gasteiger partial charge in [0.25, 0.3) is 5.91 Å². The number of aryl methyl sites for hydroxylation is 1. The minimum absolute atomic E-state index is 0.0926. The summed E-state index contributed by atoms with van der Waals surface area (Å²) in [6.45, 7) is 4.36. The number of anilines is 1. The number of nitrogens with two attached hydrogens (primary N) is 1. The van der Waals surface area contributed by atoms with Crippen LogP contribution in [-0.4, -0.2) is 36.6 Å². The number of carbonyl (C=O) groups is 1. The third-order valence-electron chi connectivity index (χ3n) is 4.25. The van der Waals surface area contributed by atoms with E-state index in [9.17, 15) is 4.79 Å². The lowest BCUT2D eigenvalue weighted by Gasteiger charge is -2.26. The van der Waals surface area contributed by atoms with Crippen LogP contribution >= 0.6 is 0 Å². The van der Waals surface area contributed by atoms with Crippen molar-refractivity contribution >= 4 is 11.6 Å². The molecule has 4 nitrogen and oxygen atoms in total. The van der Waals surface area contributed by atoms with Gasteiger partial charge in [-0.1, -0.05) is 12.1 Å². The quantitative estimate of drug-likeness (QED) is 0.857. The van der Waals surface area contributed by atoms with Crippen LogP contribution in [0.4, 0.5) is 5.69 Å². The van der Waals surface area contributed by atoms with E-state index in [1.54, 1.807) is 0 Å². The predicted molar refractivity (Wildman–Crippen MR) is 78.6 cm³/mol. The fraction of sp³-hybridized carbons (Fsp3) is 0.562. The second-order valence-corrected chi connectivity index (χ2v) is 5.96. The average molecular weight is 274 g/mol. The Morgan fingerprint density at radius 2 is 2.20 bits per heavy atom. The first-order chi connectivity index (χ1) is 9.66. The van der Waals surface area contributed by atoms with E-state index in [4.69, 9.17) is 10.5 Å². The van der Waals surface area contributed by atoms with E-state index in [0.717, 1.165) is 44.6 Å². The summed E-state index contributed by atoms with van der Waals surface area (Å²) in [6, 6.07) is 6.06. The molecule has 0 radical (unpaired) electrons. The van der Waals surface area contributed by atoms with E-state index in [1.165, 1.54) is 0 Å². The van der Waals surface area contributed by atoms with Gasteiger partial charge >= 0.3 is 0 Å². The van der Waals surface area contributed by atoms with Crippen molar-refractivity contribution in [1.29, 1.82) is 0 Å². The number of carbonyl (C=O) groups excluding carboxylic acids is 1. The molecular formula is C16H22N2O2. The minimum Gasteiger partial charge on any atom is -0.398 e. The maximum absolute atomic E-state index is 12.9. The van der Waals surface area contributed by atoms with Crippen molar-refractivity contribution in [2.24, 2.45) is 5.92 Å². The van der Waals surface area contributed by atoms with E-state index >= 15 is 0 Å². The largest absolute Gasteiger partial charge is 0.398 e. The molecule has 1 saturated carbocycles. The summed E-state index contributed by atoms with van der Waals surface area (Å²) in [7, 11) is 0. The lowest BCUT2D eigenvalue weighted by Crippen LogP contribution is -2.38. The third kappa shape index (κ3) is 2.66. The standard InChI is InChI=1S/C16H22N2O2/c1-11-3-2-4-14(17)15(11)16(19)18(13-5-6-13)9-12-7-8-20-10-12/h2-4,12-13H,5-10,17H2,1H3. The lowest BCUT2D eigenvalue weighted by atomic mass is 10.0. The molecule has 20 heavy (non-hydrogen) atoms. The zero-order valence-electron chi connectivity index (χ0n) is 12.0. The number of hydrogen-bond donors (Lipinski definition) is 1. The van der Waals surface area contributed by atoms with Gasteiger partial charge in [0.2, 0.25) is 0 Å². The number of benzene rings is 1. The van der Waals surface area contributed by atoms with Crippen molar-refractivity contribution in [1.82, 2.24) is 4.90 Å². The topological polar surface area (TPSA) is 55.6 Å². The molecule has 2 fully saturated rings. The number of rotatable bonds is 4. The van der Waals surface area contributed by atoms with Crippen molar-refractivity contribution in [3.63, 3.8) is 0 Å². The van der Waals surface area contributed by atoms with Gasteiger partial charge in [-0.2, -0.15) is 0 Å². The van der Waals surface area contributed by atoms with Gasteiger partial charge in [-0.25, -0.2) is 0 Å². The van der Waals surface area contributed by atoms with Gasteiger partial charge in [0.05, 0.1) is 12.2 Å². The first-order valence-corrected chi connectivity index (χ1v) is 7.40. The summed E-state index contributed by atoms with van der Waals surface area (Å²) in [4.78, 5) is 14.9. The molecule has 1 atom stereocenters. The van der Waals surface area contributed by atoms with Gasteiger partial charge in [0.15, 0.2) is 0 Å². The molecule has 2 aliphatic rings. The van der Waals surface area contributed by atoms with Crippen LogP contribution in [0.1, 0.15) is 35.2 Å². The molecule has 2 N–H and O–H groups in total. The van der Waals surface area contributed by atoms with E-state index < -0.39 is 0 Å². The Kier molecular flexibility index (Phi) is 3.66. The Bertz CT molecular complexity index is 485. The highest BCUT2D eigenvalue weighted by Crippen LogP contribution is 2.32. The van der Waals surface area contributed by atoms with Crippen molar-refractivity contribution in [2.45, 2.75) is 32.2 Å². The van der Waals surface area contributed by atoms with Crippen molar-refractivity contribution in [3.8, 4) is 0 Å². The van der Waals surface area contributed by atoms with Crippen molar-refractivity contribution in [3.05, 3.63) is 29.3 Å². The molecule has 1 saturated heterocycles. The Morgan fingerprint density at radius 1 is 1.40 bits per heavy atom. The maximum atomic E-state index is 12.9. The highest BCUT2D eigenvalue weighted by molar-refractivity contribution is 6.00. The van der Waals surface area contributed by atoms with Crippen LogP contribution in [0, 0.1) is 12.8 Å². The van der Waals surface area contributed by atoms with Crippen LogP contribution in [0.2, 0.25) is 0 Å².